The number of rotatable bonds is 6. The standard InChI is InChI=1S/C14H21N3O2/c1-16(11-5-6-11)7-8-17(2)14(18)12-13(10-3-4-10)19-9-15-12/h9-11H,3-8H2,1-2H3. The van der Waals surface area contributed by atoms with Crippen LogP contribution in [-0.2, 0) is 0 Å². The Bertz CT molecular complexity index is 463. The molecule has 0 aliphatic heterocycles. The second-order valence-electron chi connectivity index (χ2n) is 5.78. The summed E-state index contributed by atoms with van der Waals surface area (Å²) >= 11 is 0. The Labute approximate surface area is 113 Å². The van der Waals surface area contributed by atoms with Gasteiger partial charge in [0.1, 0.15) is 5.76 Å². The molecule has 0 atom stereocenters. The molecule has 0 bridgehead atoms. The van der Waals surface area contributed by atoms with Gasteiger partial charge >= 0.3 is 0 Å². The number of nitrogens with zero attached hydrogens (tertiary/aromatic N) is 3. The zero-order valence-electron chi connectivity index (χ0n) is 11.6. The van der Waals surface area contributed by atoms with Crippen LogP contribution in [0.25, 0.3) is 0 Å². The molecule has 1 aromatic heterocycles. The number of hydrogen-bond donors (Lipinski definition) is 0. The summed E-state index contributed by atoms with van der Waals surface area (Å²) in [5.41, 5.74) is 0.513. The third-order valence-electron chi connectivity index (χ3n) is 4.05. The van der Waals surface area contributed by atoms with Gasteiger partial charge in [0.05, 0.1) is 0 Å². The minimum absolute atomic E-state index is 0.0140. The fourth-order valence-electron chi connectivity index (χ4n) is 2.34. The van der Waals surface area contributed by atoms with Crippen LogP contribution in [0.1, 0.15) is 47.8 Å². The van der Waals surface area contributed by atoms with Gasteiger partial charge in [-0.1, -0.05) is 0 Å². The molecule has 104 valence electrons. The van der Waals surface area contributed by atoms with Crippen molar-refractivity contribution >= 4 is 5.91 Å². The molecule has 2 fully saturated rings. The van der Waals surface area contributed by atoms with Gasteiger partial charge in [-0.15, -0.1) is 0 Å². The van der Waals surface area contributed by atoms with Crippen molar-refractivity contribution in [2.45, 2.75) is 37.6 Å². The first kappa shape index (κ1) is 12.7. The van der Waals surface area contributed by atoms with Crippen molar-refractivity contribution in [3.8, 4) is 0 Å². The predicted octanol–water partition coefficient (Wildman–Crippen LogP) is 1.72. The molecule has 1 amide bonds. The van der Waals surface area contributed by atoms with Gasteiger partial charge in [0.15, 0.2) is 12.1 Å². The third kappa shape index (κ3) is 2.81. The van der Waals surface area contributed by atoms with Crippen molar-refractivity contribution in [3.63, 3.8) is 0 Å². The van der Waals surface area contributed by atoms with Crippen LogP contribution in [0.2, 0.25) is 0 Å². The number of amides is 1. The molecule has 5 nitrogen and oxygen atoms in total. The Balaban J connectivity index is 1.57. The first-order valence-corrected chi connectivity index (χ1v) is 7.06. The molecule has 0 N–H and O–H groups in total. The summed E-state index contributed by atoms with van der Waals surface area (Å²) in [5.74, 6) is 1.19. The molecule has 3 rings (SSSR count). The predicted molar refractivity (Wildman–Crippen MR) is 71.1 cm³/mol. The maximum atomic E-state index is 12.3. The molecule has 19 heavy (non-hydrogen) atoms. The van der Waals surface area contributed by atoms with E-state index in [1.165, 1.54) is 19.2 Å². The normalized spacial score (nSPS) is 18.9. The van der Waals surface area contributed by atoms with Crippen LogP contribution in [0.5, 0.6) is 0 Å². The van der Waals surface area contributed by atoms with E-state index >= 15 is 0 Å². The minimum atomic E-state index is -0.0140. The Hall–Kier alpha value is -1.36. The van der Waals surface area contributed by atoms with Gasteiger partial charge in [-0.3, -0.25) is 4.79 Å². The van der Waals surface area contributed by atoms with E-state index in [0.29, 0.717) is 11.6 Å². The lowest BCUT2D eigenvalue weighted by atomic mass is 10.2. The molecular formula is C14H21N3O2. The summed E-state index contributed by atoms with van der Waals surface area (Å²) in [6, 6.07) is 0.734. The number of carbonyl (C=O) groups excluding carboxylic acids is 1. The first-order valence-electron chi connectivity index (χ1n) is 7.06. The molecule has 2 aliphatic rings. The molecule has 1 aromatic rings. The van der Waals surface area contributed by atoms with Gasteiger partial charge in [0.2, 0.25) is 0 Å². The smallest absolute Gasteiger partial charge is 0.275 e. The highest BCUT2D eigenvalue weighted by Crippen LogP contribution is 2.41. The summed E-state index contributed by atoms with van der Waals surface area (Å²) in [6.07, 6.45) is 6.21. The fraction of sp³-hybridized carbons (Fsp3) is 0.714. The Morgan fingerprint density at radius 3 is 2.68 bits per heavy atom. The number of likely N-dealkylation sites (N-methyl/N-ethyl adjacent to an activating group) is 2. The SMILES string of the molecule is CN(CCN(C)C1CC1)C(=O)c1ncoc1C1CC1. The van der Waals surface area contributed by atoms with E-state index in [-0.39, 0.29) is 5.91 Å². The van der Waals surface area contributed by atoms with Crippen molar-refractivity contribution in [3.05, 3.63) is 17.8 Å². The second kappa shape index (κ2) is 4.96. The van der Waals surface area contributed by atoms with Crippen LogP contribution >= 0.6 is 0 Å². The largest absolute Gasteiger partial charge is 0.447 e. The van der Waals surface area contributed by atoms with Crippen molar-refractivity contribution < 1.29 is 9.21 Å². The number of hydrogen-bond acceptors (Lipinski definition) is 4. The van der Waals surface area contributed by atoms with Gasteiger partial charge in [0, 0.05) is 32.1 Å². The van der Waals surface area contributed by atoms with Crippen molar-refractivity contribution in [2.75, 3.05) is 27.2 Å². The van der Waals surface area contributed by atoms with E-state index < -0.39 is 0 Å². The van der Waals surface area contributed by atoms with Crippen LogP contribution in [0, 0.1) is 0 Å². The summed E-state index contributed by atoms with van der Waals surface area (Å²) < 4.78 is 5.36. The lowest BCUT2D eigenvalue weighted by molar-refractivity contribution is 0.0774. The first-order chi connectivity index (χ1) is 9.16. The molecule has 0 spiro atoms. The maximum Gasteiger partial charge on any atom is 0.275 e. The van der Waals surface area contributed by atoms with Crippen LogP contribution < -0.4 is 0 Å². The molecule has 0 radical (unpaired) electrons. The van der Waals surface area contributed by atoms with Crippen LogP contribution in [0.3, 0.4) is 0 Å². The van der Waals surface area contributed by atoms with Gasteiger partial charge in [-0.25, -0.2) is 4.98 Å². The zero-order chi connectivity index (χ0) is 13.4. The molecule has 5 heteroatoms. The van der Waals surface area contributed by atoms with Gasteiger partial charge in [0.25, 0.3) is 5.91 Å². The summed E-state index contributed by atoms with van der Waals surface area (Å²) in [4.78, 5) is 20.5. The van der Waals surface area contributed by atoms with Crippen molar-refractivity contribution in [1.29, 1.82) is 0 Å². The van der Waals surface area contributed by atoms with Crippen LogP contribution in [0.4, 0.5) is 0 Å². The fourth-order valence-corrected chi connectivity index (χ4v) is 2.34. The molecule has 0 unspecified atom stereocenters. The summed E-state index contributed by atoms with van der Waals surface area (Å²) in [5, 5.41) is 0. The lowest BCUT2D eigenvalue weighted by Crippen LogP contribution is -2.36. The summed E-state index contributed by atoms with van der Waals surface area (Å²) in [6.45, 7) is 1.66. The number of carbonyl (C=O) groups is 1. The zero-order valence-corrected chi connectivity index (χ0v) is 11.6. The van der Waals surface area contributed by atoms with E-state index in [2.05, 4.69) is 16.9 Å². The van der Waals surface area contributed by atoms with E-state index in [4.69, 9.17) is 4.42 Å². The Kier molecular flexibility index (Phi) is 3.31. The van der Waals surface area contributed by atoms with Gasteiger partial charge < -0.3 is 14.2 Å². The number of oxazole rings is 1. The molecular weight excluding hydrogens is 242 g/mol. The third-order valence-corrected chi connectivity index (χ3v) is 4.05. The molecule has 0 aromatic carbocycles. The van der Waals surface area contributed by atoms with E-state index in [9.17, 15) is 4.79 Å². The summed E-state index contributed by atoms with van der Waals surface area (Å²) in [7, 11) is 3.97. The molecule has 0 saturated heterocycles. The second-order valence-corrected chi connectivity index (χ2v) is 5.78. The molecule has 2 saturated carbocycles. The van der Waals surface area contributed by atoms with E-state index in [0.717, 1.165) is 37.7 Å². The molecule has 2 aliphatic carbocycles. The average molecular weight is 263 g/mol. The van der Waals surface area contributed by atoms with Gasteiger partial charge in [-0.05, 0) is 32.7 Å². The van der Waals surface area contributed by atoms with Crippen molar-refractivity contribution in [2.24, 2.45) is 0 Å². The monoisotopic (exact) mass is 263 g/mol. The maximum absolute atomic E-state index is 12.3. The highest BCUT2D eigenvalue weighted by molar-refractivity contribution is 5.93. The average Bonchev–Trinajstić information content (AvgIpc) is 3.32. The lowest BCUT2D eigenvalue weighted by Gasteiger charge is -2.21. The number of aromatic nitrogens is 1. The highest BCUT2D eigenvalue weighted by Gasteiger charge is 2.33. The highest BCUT2D eigenvalue weighted by atomic mass is 16.3. The van der Waals surface area contributed by atoms with Crippen LogP contribution in [-0.4, -0.2) is 53.9 Å². The quantitative estimate of drug-likeness (QED) is 0.784. The topological polar surface area (TPSA) is 49.6 Å². The van der Waals surface area contributed by atoms with E-state index in [1.807, 2.05) is 7.05 Å². The van der Waals surface area contributed by atoms with Gasteiger partial charge in [-0.2, -0.15) is 0 Å². The van der Waals surface area contributed by atoms with E-state index in [1.54, 1.807) is 4.90 Å². The van der Waals surface area contributed by atoms with Crippen molar-refractivity contribution in [1.82, 2.24) is 14.8 Å². The Morgan fingerprint density at radius 2 is 2.05 bits per heavy atom. The Morgan fingerprint density at radius 1 is 1.32 bits per heavy atom. The molecule has 1 heterocycles. The van der Waals surface area contributed by atoms with Crippen LogP contribution in [0.15, 0.2) is 10.8 Å². The minimum Gasteiger partial charge on any atom is -0.447 e.